The molecule has 0 unspecified atom stereocenters. The molecule has 0 saturated heterocycles. The van der Waals surface area contributed by atoms with Crippen LogP contribution in [-0.4, -0.2) is 33.2 Å². The SMILES string of the molecule is O=C(O)/C=C(/CC(=O)O)C(=O)O.[Rf].[Rf].[Rf]. The van der Waals surface area contributed by atoms with E-state index < -0.39 is 29.9 Å². The molecule has 0 saturated carbocycles. The average molecular weight is 975 g/mol. The molecule has 0 radical (unpaired) electrons. The first kappa shape index (κ1) is 22.5. The van der Waals surface area contributed by atoms with Gasteiger partial charge in [-0.1, -0.05) is 0 Å². The summed E-state index contributed by atoms with van der Waals surface area (Å²) in [5.41, 5.74) is -0.657. The van der Waals surface area contributed by atoms with Crippen LogP contribution in [0.25, 0.3) is 0 Å². The van der Waals surface area contributed by atoms with Gasteiger partial charge in [-0.05, 0) is 0 Å². The van der Waals surface area contributed by atoms with Crippen molar-refractivity contribution in [2.24, 2.45) is 0 Å². The van der Waals surface area contributed by atoms with Crippen molar-refractivity contribution in [3.8, 4) is 0 Å². The summed E-state index contributed by atoms with van der Waals surface area (Å²) in [5, 5.41) is 24.5. The van der Waals surface area contributed by atoms with Crippen LogP contribution in [0.4, 0.5) is 0 Å². The van der Waals surface area contributed by atoms with Crippen LogP contribution in [0.5, 0.6) is 0 Å². The molecule has 0 aliphatic heterocycles. The van der Waals surface area contributed by atoms with Crippen LogP contribution in [0.2, 0.25) is 0 Å². The third kappa shape index (κ3) is 9.15. The van der Waals surface area contributed by atoms with Crippen molar-refractivity contribution in [3.63, 3.8) is 0 Å². The molecule has 0 amide bonds. The molecule has 15 heavy (non-hydrogen) atoms. The zero-order valence-electron chi connectivity index (χ0n) is 7.97. The number of hydrogen-bond acceptors (Lipinski definition) is 3. The van der Waals surface area contributed by atoms with Crippen LogP contribution < -0.4 is 0 Å². The summed E-state index contributed by atoms with van der Waals surface area (Å²) in [6.45, 7) is 0. The molecule has 0 spiro atoms. The van der Waals surface area contributed by atoms with Crippen LogP contribution in [0.15, 0.2) is 11.6 Å². The Morgan fingerprint density at radius 2 is 1.33 bits per heavy atom. The second-order valence-electron chi connectivity index (χ2n) is 1.88. The van der Waals surface area contributed by atoms with Crippen molar-refractivity contribution in [1.29, 1.82) is 0 Å². The molecule has 72 valence electrons. The number of hydrogen-bond donors (Lipinski definition) is 3. The molecular formula is C6H6O6Rf3. The maximum Gasteiger partial charge on any atom is 0.332 e. The van der Waals surface area contributed by atoms with E-state index in [1.807, 2.05) is 0 Å². The summed E-state index contributed by atoms with van der Waals surface area (Å²) in [4.78, 5) is 30.1. The van der Waals surface area contributed by atoms with Gasteiger partial charge in [0.1, 0.15) is 0 Å². The van der Waals surface area contributed by atoms with Crippen molar-refractivity contribution in [2.75, 3.05) is 0 Å². The molecule has 6 nitrogen and oxygen atoms in total. The molecule has 3 N–H and O–H groups in total. The van der Waals surface area contributed by atoms with Gasteiger partial charge in [0.2, 0.25) is 0 Å². The molecule has 0 aliphatic rings. The molecule has 0 aromatic rings. The van der Waals surface area contributed by atoms with E-state index in [0.29, 0.717) is 6.08 Å². The second-order valence-corrected chi connectivity index (χ2v) is 1.88. The van der Waals surface area contributed by atoms with E-state index in [4.69, 9.17) is 15.3 Å². The minimum absolute atomic E-state index is 0. The maximum atomic E-state index is 10.2. The molecule has 0 rings (SSSR count). The van der Waals surface area contributed by atoms with Gasteiger partial charge >= 0.3 is 17.9 Å². The van der Waals surface area contributed by atoms with Crippen molar-refractivity contribution in [3.05, 3.63) is 11.6 Å². The number of carboxylic acid groups (broad SMARTS) is 3. The monoisotopic (exact) mass is 975 g/mol. The van der Waals surface area contributed by atoms with E-state index in [9.17, 15) is 14.4 Å². The third-order valence-corrected chi connectivity index (χ3v) is 0.914. The first-order valence-electron chi connectivity index (χ1n) is 2.82. The van der Waals surface area contributed by atoms with Crippen molar-refractivity contribution in [1.82, 2.24) is 0 Å². The molecule has 0 bridgehead atoms. The first-order chi connectivity index (χ1) is 5.43. The molecule has 0 heterocycles. The van der Waals surface area contributed by atoms with E-state index in [2.05, 4.69) is 0 Å². The Labute approximate surface area is 66.7 Å². The summed E-state index contributed by atoms with van der Waals surface area (Å²) in [5.74, 6) is -4.40. The minimum atomic E-state index is -1.54. The molecule has 0 aromatic carbocycles. The third-order valence-electron chi connectivity index (χ3n) is 0.914. The molecule has 9 heteroatoms. The molecule has 0 atom stereocenters. The van der Waals surface area contributed by atoms with Crippen LogP contribution in [-0.2, 0) is 14.4 Å². The topological polar surface area (TPSA) is 112 Å². The fourth-order valence-corrected chi connectivity index (χ4v) is 0.500. The summed E-state index contributed by atoms with van der Waals surface area (Å²) in [6.07, 6.45) is -0.446. The van der Waals surface area contributed by atoms with Gasteiger partial charge in [0.15, 0.2) is 0 Å². The fourth-order valence-electron chi connectivity index (χ4n) is 0.500. The van der Waals surface area contributed by atoms with E-state index in [0.717, 1.165) is 0 Å². The average Bonchev–Trinajstić information content (AvgIpc) is 1.83. The number of rotatable bonds is 4. The predicted octanol–water partition coefficient (Wildman–Crippen LogP) is -0.443. The summed E-state index contributed by atoms with van der Waals surface area (Å²) >= 11 is 0. The summed E-state index contributed by atoms with van der Waals surface area (Å²) < 4.78 is 0. The van der Waals surface area contributed by atoms with Gasteiger partial charge in [-0.2, -0.15) is 0 Å². The number of carbonyl (C=O) groups is 3. The smallest absolute Gasteiger partial charge is 0.332 e. The van der Waals surface area contributed by atoms with E-state index in [1.165, 1.54) is 0 Å². The standard InChI is InChI=1S/C6H6O6.3Rf/c7-4(8)1-3(6(11)12)2-5(9)10;;;/h1H,2H2,(H,7,8)(H,9,10)(H,11,12);;;/b3-1-;;;. The van der Waals surface area contributed by atoms with E-state index in [-0.39, 0.29) is 0 Å². The molecule has 0 fully saturated rings. The van der Waals surface area contributed by atoms with Crippen LogP contribution in [0, 0.1) is 0 Å². The van der Waals surface area contributed by atoms with Crippen molar-refractivity contribution in [2.45, 2.75) is 6.42 Å². The minimum Gasteiger partial charge on any atom is -0.481 e. The summed E-state index contributed by atoms with van der Waals surface area (Å²) in [6, 6.07) is 0. The van der Waals surface area contributed by atoms with Crippen molar-refractivity contribution >= 4 is 17.9 Å². The van der Waals surface area contributed by atoms with Crippen LogP contribution in [0.1, 0.15) is 6.42 Å². The fraction of sp³-hybridized carbons (Fsp3) is 0.167. The largest absolute Gasteiger partial charge is 0.481 e. The number of aliphatic carboxylic acids is 3. The molecular weight excluding hydrogens is 969 g/mol. The molecule has 0 aromatic heterocycles. The Balaban J connectivity index is -0.000000202. The summed E-state index contributed by atoms with van der Waals surface area (Å²) in [7, 11) is 0. The first-order valence-corrected chi connectivity index (χ1v) is 2.82. The van der Waals surface area contributed by atoms with Crippen LogP contribution >= 0.6 is 0 Å². The maximum absolute atomic E-state index is 10.2. The molecule has 0 aliphatic carbocycles. The predicted molar refractivity (Wildman–Crippen MR) is 35.6 cm³/mol. The van der Waals surface area contributed by atoms with Gasteiger partial charge < -0.3 is 15.3 Å². The Morgan fingerprint density at radius 3 is 1.53 bits per heavy atom. The van der Waals surface area contributed by atoms with Gasteiger partial charge in [-0.25, -0.2) is 9.59 Å². The quantitative estimate of drug-likeness (QED) is 0.330. The Hall–Kier alpha value is -4.85. The Morgan fingerprint density at radius 1 is 0.933 bits per heavy atom. The normalized spacial score (nSPS) is 8.67. The van der Waals surface area contributed by atoms with Crippen LogP contribution in [0.3, 0.4) is 0 Å². The second kappa shape index (κ2) is 7.26. The zero-order chi connectivity index (χ0) is 9.72. The van der Waals surface area contributed by atoms with Gasteiger partial charge in [0.05, 0.1) is 12.0 Å². The van der Waals surface area contributed by atoms with Crippen molar-refractivity contribution < 1.29 is 29.7 Å². The Kier molecular flexibility index (Phi) is 10.9. The van der Waals surface area contributed by atoms with Gasteiger partial charge in [-0.15, -0.1) is 0 Å². The van der Waals surface area contributed by atoms with E-state index >= 15 is 0 Å². The van der Waals surface area contributed by atoms with Gasteiger partial charge in [-0.3, -0.25) is 4.79 Å². The van der Waals surface area contributed by atoms with Gasteiger partial charge in [0, 0.05) is 6.08 Å². The van der Waals surface area contributed by atoms with E-state index in [1.54, 1.807) is 0 Å². The van der Waals surface area contributed by atoms with Gasteiger partial charge in [0.25, 0.3) is 0 Å². The Bertz CT molecular complexity index is 262. The number of carboxylic acids is 3. The zero-order valence-corrected chi connectivity index (χ0v) is 27.2.